The topological polar surface area (TPSA) is 63.1 Å². The standard InChI is InChI=1S/C17H13ClN2O2S/c18-14-13-11-3-1-2-4-12(11)23-16(13)20-15(19-14)9-5-7-10(8-6-9)17(21)22/h5-8H,1-4H2,(H,21,22). The normalized spacial score (nSPS) is 14.0. The van der Waals surface area contributed by atoms with Gasteiger partial charge in [-0.2, -0.15) is 0 Å². The zero-order valence-corrected chi connectivity index (χ0v) is 13.7. The number of carboxylic acids is 1. The monoisotopic (exact) mass is 344 g/mol. The van der Waals surface area contributed by atoms with E-state index in [-0.39, 0.29) is 5.56 Å². The van der Waals surface area contributed by atoms with E-state index in [0.717, 1.165) is 28.6 Å². The van der Waals surface area contributed by atoms with Crippen LogP contribution in [0.25, 0.3) is 21.6 Å². The van der Waals surface area contributed by atoms with E-state index in [1.54, 1.807) is 35.6 Å². The van der Waals surface area contributed by atoms with Gasteiger partial charge in [-0.3, -0.25) is 0 Å². The first-order chi connectivity index (χ1) is 11.1. The minimum absolute atomic E-state index is 0.243. The first kappa shape index (κ1) is 14.6. The zero-order valence-electron chi connectivity index (χ0n) is 12.2. The minimum atomic E-state index is -0.947. The molecular weight excluding hydrogens is 332 g/mol. The maximum atomic E-state index is 10.9. The third-order valence-electron chi connectivity index (χ3n) is 4.16. The molecule has 1 aliphatic carbocycles. The molecule has 0 unspecified atom stereocenters. The predicted molar refractivity (Wildman–Crippen MR) is 91.5 cm³/mol. The van der Waals surface area contributed by atoms with Gasteiger partial charge >= 0.3 is 5.97 Å². The van der Waals surface area contributed by atoms with Crippen molar-refractivity contribution in [2.75, 3.05) is 0 Å². The number of aromatic carboxylic acids is 1. The van der Waals surface area contributed by atoms with Crippen molar-refractivity contribution in [3.8, 4) is 11.4 Å². The van der Waals surface area contributed by atoms with Crippen LogP contribution in [0, 0.1) is 0 Å². The molecule has 116 valence electrons. The van der Waals surface area contributed by atoms with Crippen LogP contribution in [0.1, 0.15) is 33.6 Å². The molecule has 1 aliphatic rings. The lowest BCUT2D eigenvalue weighted by Gasteiger charge is -2.10. The van der Waals surface area contributed by atoms with Crippen molar-refractivity contribution < 1.29 is 9.90 Å². The number of aromatic nitrogens is 2. The van der Waals surface area contributed by atoms with Gasteiger partial charge in [0.15, 0.2) is 5.82 Å². The molecule has 6 heteroatoms. The second-order valence-corrected chi connectivity index (χ2v) is 7.05. The Hall–Kier alpha value is -1.98. The second kappa shape index (κ2) is 5.58. The average molecular weight is 345 g/mol. The van der Waals surface area contributed by atoms with Crippen molar-refractivity contribution in [1.29, 1.82) is 0 Å². The minimum Gasteiger partial charge on any atom is -0.478 e. The molecule has 1 N–H and O–H groups in total. The maximum Gasteiger partial charge on any atom is 0.335 e. The number of hydrogen-bond donors (Lipinski definition) is 1. The van der Waals surface area contributed by atoms with E-state index >= 15 is 0 Å². The summed E-state index contributed by atoms with van der Waals surface area (Å²) in [5.74, 6) is -0.407. The summed E-state index contributed by atoms with van der Waals surface area (Å²) in [6.07, 6.45) is 4.54. The third-order valence-corrected chi connectivity index (χ3v) is 5.62. The fraction of sp³-hybridized carbons (Fsp3) is 0.235. The molecule has 0 saturated heterocycles. The molecule has 0 radical (unpaired) electrons. The molecule has 23 heavy (non-hydrogen) atoms. The Morgan fingerprint density at radius 2 is 1.87 bits per heavy atom. The van der Waals surface area contributed by atoms with E-state index in [1.165, 1.54) is 23.3 Å². The molecule has 2 aromatic heterocycles. The number of carbonyl (C=O) groups is 1. The fourth-order valence-corrected chi connectivity index (χ4v) is 4.60. The van der Waals surface area contributed by atoms with Gasteiger partial charge in [-0.05, 0) is 43.4 Å². The van der Waals surface area contributed by atoms with Gasteiger partial charge in [0.2, 0.25) is 0 Å². The molecule has 4 nitrogen and oxygen atoms in total. The molecule has 0 saturated carbocycles. The first-order valence-corrected chi connectivity index (χ1v) is 8.64. The van der Waals surface area contributed by atoms with E-state index in [9.17, 15) is 4.79 Å². The molecule has 0 fully saturated rings. The van der Waals surface area contributed by atoms with Crippen molar-refractivity contribution in [1.82, 2.24) is 9.97 Å². The summed E-state index contributed by atoms with van der Waals surface area (Å²) in [6.45, 7) is 0. The first-order valence-electron chi connectivity index (χ1n) is 7.45. The van der Waals surface area contributed by atoms with E-state index < -0.39 is 5.97 Å². The van der Waals surface area contributed by atoms with Crippen LogP contribution < -0.4 is 0 Å². The third kappa shape index (κ3) is 2.50. The van der Waals surface area contributed by atoms with Gasteiger partial charge in [-0.25, -0.2) is 14.8 Å². The summed E-state index contributed by atoms with van der Waals surface area (Å²) in [4.78, 5) is 22.3. The smallest absolute Gasteiger partial charge is 0.335 e. The van der Waals surface area contributed by atoms with Gasteiger partial charge in [-0.1, -0.05) is 23.7 Å². The molecule has 3 aromatic rings. The largest absolute Gasteiger partial charge is 0.478 e. The molecule has 0 aliphatic heterocycles. The molecule has 0 bridgehead atoms. The van der Waals surface area contributed by atoms with Crippen LogP contribution in [0.5, 0.6) is 0 Å². The van der Waals surface area contributed by atoms with E-state index in [2.05, 4.69) is 9.97 Å². The number of benzene rings is 1. The molecule has 0 spiro atoms. The summed E-state index contributed by atoms with van der Waals surface area (Å²) in [5.41, 5.74) is 2.33. The van der Waals surface area contributed by atoms with Gasteiger partial charge in [-0.15, -0.1) is 11.3 Å². The van der Waals surface area contributed by atoms with Crippen LogP contribution in [-0.2, 0) is 12.8 Å². The highest BCUT2D eigenvalue weighted by atomic mass is 35.5. The fourth-order valence-electron chi connectivity index (χ4n) is 3.00. The number of nitrogens with zero attached hydrogens (tertiary/aromatic N) is 2. The highest BCUT2D eigenvalue weighted by Gasteiger charge is 2.20. The maximum absolute atomic E-state index is 10.9. The summed E-state index contributed by atoms with van der Waals surface area (Å²) in [7, 11) is 0. The van der Waals surface area contributed by atoms with Crippen molar-refractivity contribution in [3.05, 3.63) is 45.4 Å². The Bertz CT molecular complexity index is 918. The summed E-state index contributed by atoms with van der Waals surface area (Å²) in [5, 5.41) is 10.5. The van der Waals surface area contributed by atoms with Crippen LogP contribution in [0.15, 0.2) is 24.3 Å². The lowest BCUT2D eigenvalue weighted by Crippen LogP contribution is -1.99. The zero-order chi connectivity index (χ0) is 16.0. The van der Waals surface area contributed by atoms with Gasteiger partial charge in [0.05, 0.1) is 10.9 Å². The highest BCUT2D eigenvalue weighted by molar-refractivity contribution is 7.19. The van der Waals surface area contributed by atoms with Crippen LogP contribution in [0.3, 0.4) is 0 Å². The highest BCUT2D eigenvalue weighted by Crippen LogP contribution is 2.39. The Morgan fingerprint density at radius 3 is 2.61 bits per heavy atom. The van der Waals surface area contributed by atoms with Gasteiger partial charge in [0.25, 0.3) is 0 Å². The molecule has 0 atom stereocenters. The van der Waals surface area contributed by atoms with Crippen molar-refractivity contribution in [2.24, 2.45) is 0 Å². The number of halogens is 1. The van der Waals surface area contributed by atoms with E-state index in [1.807, 2.05) is 0 Å². The van der Waals surface area contributed by atoms with Crippen molar-refractivity contribution in [2.45, 2.75) is 25.7 Å². The Balaban J connectivity index is 1.83. The van der Waals surface area contributed by atoms with Crippen LogP contribution in [0.4, 0.5) is 0 Å². The summed E-state index contributed by atoms with van der Waals surface area (Å²) >= 11 is 8.13. The average Bonchev–Trinajstić information content (AvgIpc) is 2.93. The Labute approximate surface area is 141 Å². The predicted octanol–water partition coefficient (Wildman–Crippen LogP) is 4.59. The Morgan fingerprint density at radius 1 is 1.13 bits per heavy atom. The summed E-state index contributed by atoms with van der Waals surface area (Å²) in [6, 6.07) is 6.54. The van der Waals surface area contributed by atoms with Gasteiger partial charge in [0.1, 0.15) is 9.98 Å². The Kier molecular flexibility index (Phi) is 3.54. The second-order valence-electron chi connectivity index (χ2n) is 5.61. The number of rotatable bonds is 2. The number of thiophene rings is 1. The molecule has 1 aromatic carbocycles. The van der Waals surface area contributed by atoms with E-state index in [4.69, 9.17) is 16.7 Å². The quantitative estimate of drug-likeness (QED) is 0.691. The summed E-state index contributed by atoms with van der Waals surface area (Å²) < 4.78 is 0. The number of carboxylic acid groups (broad SMARTS) is 1. The van der Waals surface area contributed by atoms with Crippen molar-refractivity contribution in [3.63, 3.8) is 0 Å². The number of aryl methyl sites for hydroxylation is 2. The molecule has 0 amide bonds. The number of hydrogen-bond acceptors (Lipinski definition) is 4. The SMILES string of the molecule is O=C(O)c1ccc(-c2nc(Cl)c3c4c(sc3n2)CCCC4)cc1. The molecule has 2 heterocycles. The number of fused-ring (bicyclic) bond motifs is 3. The van der Waals surface area contributed by atoms with Gasteiger partial charge < -0.3 is 5.11 Å². The van der Waals surface area contributed by atoms with Crippen LogP contribution in [-0.4, -0.2) is 21.0 Å². The van der Waals surface area contributed by atoms with Gasteiger partial charge in [0, 0.05) is 10.4 Å². The lowest BCUT2D eigenvalue weighted by molar-refractivity contribution is 0.0697. The van der Waals surface area contributed by atoms with E-state index in [0.29, 0.717) is 11.0 Å². The van der Waals surface area contributed by atoms with Crippen LogP contribution in [0.2, 0.25) is 5.15 Å². The van der Waals surface area contributed by atoms with Crippen molar-refractivity contribution >= 4 is 39.1 Å². The molecular formula is C17H13ClN2O2S. The lowest BCUT2D eigenvalue weighted by atomic mass is 9.97. The van der Waals surface area contributed by atoms with Crippen LogP contribution >= 0.6 is 22.9 Å². The molecule has 4 rings (SSSR count).